The number of hydrogen-bond acceptors (Lipinski definition) is 2. The monoisotopic (exact) mass is 174 g/mol. The first kappa shape index (κ1) is 12.5. The second-order valence-electron chi connectivity index (χ2n) is 4.50. The fraction of sp³-hybridized carbons (Fsp3) is 1.00. The van der Waals surface area contributed by atoms with Crippen LogP contribution in [0.5, 0.6) is 0 Å². The van der Waals surface area contributed by atoms with Crippen LogP contribution in [0.15, 0.2) is 0 Å². The number of rotatable bonds is 1. The molecule has 0 aliphatic carbocycles. The minimum Gasteiger partial charge on any atom is -0.0715 e. The maximum Gasteiger partial charge on any atom is 0.0379 e. The average molecular weight is 174 g/mol. The van der Waals surface area contributed by atoms with Crippen LogP contribution in [-0.2, 0) is 0 Å². The van der Waals surface area contributed by atoms with Crippen LogP contribution in [0.4, 0.5) is 0 Å². The third-order valence-corrected chi connectivity index (χ3v) is 20.2. The van der Waals surface area contributed by atoms with Gasteiger partial charge < -0.3 is 0 Å². The van der Waals surface area contributed by atoms with Crippen molar-refractivity contribution in [3.63, 3.8) is 0 Å². The van der Waals surface area contributed by atoms with Gasteiger partial charge in [0.05, 0.1) is 0 Å². The van der Waals surface area contributed by atoms with Gasteiger partial charge in [-0.1, -0.05) is 39.3 Å². The summed E-state index contributed by atoms with van der Waals surface area (Å²) in [6.07, 6.45) is 0. The van der Waals surface area contributed by atoms with Crippen molar-refractivity contribution in [1.82, 2.24) is 0 Å². The van der Waals surface area contributed by atoms with E-state index in [2.05, 4.69) is 39.3 Å². The molecule has 0 aliphatic rings. The van der Waals surface area contributed by atoms with Gasteiger partial charge >= 0.3 is 0 Å². The molecule has 0 aromatic heterocycles. The van der Waals surface area contributed by atoms with Crippen molar-refractivity contribution < 1.29 is 0 Å². The highest BCUT2D eigenvalue weighted by Crippen LogP contribution is 2.16. The van der Waals surface area contributed by atoms with E-state index in [0.717, 1.165) is 0 Å². The van der Waals surface area contributed by atoms with Crippen LogP contribution in [0.3, 0.4) is 0 Å². The number of hydrogen-bond donors (Lipinski definition) is 0. The lowest BCUT2D eigenvalue weighted by Gasteiger charge is -2.30. The average Bonchev–Trinajstić information content (AvgIpc) is 1.66. The Morgan fingerprint density at radius 2 is 0.700 bits per heavy atom. The third kappa shape index (κ3) is 4.71. The highest BCUT2D eigenvalue weighted by molar-refractivity contribution is 7.39. The summed E-state index contributed by atoms with van der Waals surface area (Å²) in [5.41, 5.74) is 0. The minimum absolute atomic E-state index is 0.720. The summed E-state index contributed by atoms with van der Waals surface area (Å²) in [5.74, 6) is 0. The molecular weight excluding hydrogens is 156 g/mol. The van der Waals surface area contributed by atoms with Gasteiger partial charge in [0.25, 0.3) is 0 Å². The quantitative estimate of drug-likeness (QED) is 0.453. The zero-order valence-corrected chi connectivity index (χ0v) is 9.89. The predicted octanol–water partition coefficient (Wildman–Crippen LogP) is 2.77. The first-order chi connectivity index (χ1) is 4.25. The van der Waals surface area contributed by atoms with Crippen LogP contribution in [0, 0.1) is 10.8 Å². The van der Waals surface area contributed by atoms with Crippen LogP contribution < -0.4 is 0 Å². The summed E-state index contributed by atoms with van der Waals surface area (Å²) < 4.78 is 0. The molecular formula is C6H18N2Si2. The molecule has 0 radical (unpaired) electrons. The normalized spacial score (nSPS) is 11.6. The Kier molecular flexibility index (Phi) is 4.87. The van der Waals surface area contributed by atoms with E-state index in [1.807, 2.05) is 0 Å². The third-order valence-electron chi connectivity index (χ3n) is 2.25. The van der Waals surface area contributed by atoms with E-state index in [1.165, 1.54) is 0 Å². The molecule has 0 atom stereocenters. The molecule has 0 heterocycles. The van der Waals surface area contributed by atoms with E-state index in [4.69, 9.17) is 10.8 Å². The fourth-order valence-corrected chi connectivity index (χ4v) is 0. The lowest BCUT2D eigenvalue weighted by molar-refractivity contribution is 1.15. The maximum absolute atomic E-state index is 6.00. The summed E-state index contributed by atoms with van der Waals surface area (Å²) >= 11 is 0. The van der Waals surface area contributed by atoms with E-state index >= 15 is 0 Å². The summed E-state index contributed by atoms with van der Waals surface area (Å²) in [5, 5.41) is 12.0. The Balaban J connectivity index is 0. The highest BCUT2D eigenvalue weighted by atomic mass is 29.3. The molecule has 0 saturated heterocycles. The predicted molar refractivity (Wildman–Crippen MR) is 50.1 cm³/mol. The Morgan fingerprint density at radius 3 is 0.700 bits per heavy atom. The van der Waals surface area contributed by atoms with Crippen molar-refractivity contribution in [3.05, 3.63) is 0 Å². The SMILES string of the molecule is C[Si](C)(C)[Si](C)(C)C.N#N. The van der Waals surface area contributed by atoms with Crippen LogP contribution >= 0.6 is 0 Å². The maximum atomic E-state index is 6.00. The van der Waals surface area contributed by atoms with Gasteiger partial charge in [0.1, 0.15) is 0 Å². The lowest BCUT2D eigenvalue weighted by Crippen LogP contribution is -2.49. The Morgan fingerprint density at radius 1 is 0.600 bits per heavy atom. The van der Waals surface area contributed by atoms with Crippen LogP contribution in [-0.4, -0.2) is 15.2 Å². The molecule has 0 aromatic carbocycles. The van der Waals surface area contributed by atoms with Crippen molar-refractivity contribution in [2.45, 2.75) is 39.3 Å². The minimum atomic E-state index is -0.720. The van der Waals surface area contributed by atoms with Crippen LogP contribution in [0.2, 0.25) is 39.3 Å². The molecule has 0 bridgehead atoms. The van der Waals surface area contributed by atoms with Crippen molar-refractivity contribution in [1.29, 1.82) is 10.8 Å². The van der Waals surface area contributed by atoms with Crippen molar-refractivity contribution >= 4 is 15.2 Å². The van der Waals surface area contributed by atoms with Gasteiger partial charge in [-0.05, 0) is 0 Å². The lowest BCUT2D eigenvalue weighted by atomic mass is 11.8. The second kappa shape index (κ2) is 3.89. The van der Waals surface area contributed by atoms with Crippen molar-refractivity contribution in [2.24, 2.45) is 0 Å². The molecule has 0 unspecified atom stereocenters. The Labute approximate surface area is 65.9 Å². The summed E-state index contributed by atoms with van der Waals surface area (Å²) in [7, 11) is -1.44. The molecule has 60 valence electrons. The molecule has 0 aromatic rings. The molecule has 0 amide bonds. The standard InChI is InChI=1S/C6H18Si2.N2/c1-7(2,3)8(4,5)6;1-2/h1-6H3;. The van der Waals surface area contributed by atoms with Crippen LogP contribution in [0.25, 0.3) is 0 Å². The van der Waals surface area contributed by atoms with E-state index in [0.29, 0.717) is 0 Å². The molecule has 2 nitrogen and oxygen atoms in total. The molecule has 0 aliphatic heterocycles. The summed E-state index contributed by atoms with van der Waals surface area (Å²) in [6.45, 7) is 14.8. The molecule has 4 heteroatoms. The Hall–Kier alpha value is -0.146. The zero-order chi connectivity index (χ0) is 9.00. The van der Waals surface area contributed by atoms with E-state index in [1.54, 1.807) is 0 Å². The van der Waals surface area contributed by atoms with Gasteiger partial charge in [0.2, 0.25) is 0 Å². The van der Waals surface area contributed by atoms with Gasteiger partial charge in [-0.2, -0.15) is 0 Å². The smallest absolute Gasteiger partial charge is 0.0379 e. The highest BCUT2D eigenvalue weighted by Gasteiger charge is 2.31. The molecule has 0 N–H and O–H groups in total. The van der Waals surface area contributed by atoms with E-state index in [-0.39, 0.29) is 0 Å². The van der Waals surface area contributed by atoms with Crippen molar-refractivity contribution in [3.8, 4) is 0 Å². The van der Waals surface area contributed by atoms with Gasteiger partial charge in [0.15, 0.2) is 0 Å². The summed E-state index contributed by atoms with van der Waals surface area (Å²) in [4.78, 5) is 0. The Bertz CT molecular complexity index is 95.1. The fourth-order valence-electron chi connectivity index (χ4n) is 0. The second-order valence-corrected chi connectivity index (χ2v) is 22.5. The molecule has 0 spiro atoms. The topological polar surface area (TPSA) is 47.6 Å². The number of nitrogens with zero attached hydrogens (tertiary/aromatic N) is 2. The first-order valence-electron chi connectivity index (χ1n) is 3.45. The van der Waals surface area contributed by atoms with Gasteiger partial charge in [0, 0.05) is 26.0 Å². The van der Waals surface area contributed by atoms with E-state index in [9.17, 15) is 0 Å². The van der Waals surface area contributed by atoms with Crippen molar-refractivity contribution in [2.75, 3.05) is 0 Å². The van der Waals surface area contributed by atoms with Gasteiger partial charge in [-0.15, -0.1) is 0 Å². The van der Waals surface area contributed by atoms with Crippen LogP contribution in [0.1, 0.15) is 0 Å². The largest absolute Gasteiger partial charge is 0.0715 e. The van der Waals surface area contributed by atoms with Gasteiger partial charge in [-0.25, -0.2) is 0 Å². The summed E-state index contributed by atoms with van der Waals surface area (Å²) in [6, 6.07) is 0. The van der Waals surface area contributed by atoms with Gasteiger partial charge in [-0.3, -0.25) is 0 Å². The molecule has 0 fully saturated rings. The molecule has 0 rings (SSSR count). The first-order valence-corrected chi connectivity index (χ1v) is 11.4. The van der Waals surface area contributed by atoms with E-state index < -0.39 is 15.2 Å². The zero-order valence-electron chi connectivity index (χ0n) is 7.89. The molecule has 0 saturated carbocycles. The molecule has 10 heavy (non-hydrogen) atoms.